The molecule has 3 aromatic rings. The maximum atomic E-state index is 12.5. The van der Waals surface area contributed by atoms with Gasteiger partial charge in [0.25, 0.3) is 0 Å². The molecule has 1 aliphatic rings. The number of amides is 1. The highest BCUT2D eigenvalue weighted by Gasteiger charge is 2.34. The summed E-state index contributed by atoms with van der Waals surface area (Å²) in [5, 5.41) is 4.07. The fourth-order valence-electron chi connectivity index (χ4n) is 3.33. The first-order valence-electron chi connectivity index (χ1n) is 9.12. The van der Waals surface area contributed by atoms with Gasteiger partial charge in [-0.15, -0.1) is 0 Å². The number of carbonyl (C=O) groups excluding carboxylic acids is 1. The number of benzene rings is 2. The van der Waals surface area contributed by atoms with Gasteiger partial charge in [0, 0.05) is 30.6 Å². The van der Waals surface area contributed by atoms with Crippen LogP contribution in [-0.4, -0.2) is 34.1 Å². The highest BCUT2D eigenvalue weighted by atomic mass is 16.5. The highest BCUT2D eigenvalue weighted by Crippen LogP contribution is 2.31. The maximum Gasteiger partial charge on any atom is 0.232 e. The van der Waals surface area contributed by atoms with E-state index in [1.54, 1.807) is 0 Å². The Balaban J connectivity index is 1.48. The topological polar surface area (TPSA) is 68.5 Å². The van der Waals surface area contributed by atoms with Crippen molar-refractivity contribution in [2.45, 2.75) is 25.8 Å². The van der Waals surface area contributed by atoms with E-state index in [-0.39, 0.29) is 11.8 Å². The zero-order valence-electron chi connectivity index (χ0n) is 15.2. The summed E-state index contributed by atoms with van der Waals surface area (Å²) in [7, 11) is 0. The van der Waals surface area contributed by atoms with E-state index in [0.29, 0.717) is 37.8 Å². The quantitative estimate of drug-likeness (QED) is 0.669. The molecule has 1 fully saturated rings. The monoisotopic (exact) mass is 363 g/mol. The summed E-state index contributed by atoms with van der Waals surface area (Å²) >= 11 is 0. The van der Waals surface area contributed by atoms with Gasteiger partial charge in [-0.3, -0.25) is 4.79 Å². The van der Waals surface area contributed by atoms with Gasteiger partial charge in [-0.2, -0.15) is 4.98 Å². The molecular formula is C21H21N3O3. The minimum atomic E-state index is -0.0817. The molecule has 4 rings (SSSR count). The smallest absolute Gasteiger partial charge is 0.232 e. The molecule has 0 aliphatic carbocycles. The standard InChI is InChI=1S/C21H21N3O3/c1-2-26-18-11-7-6-10-16(18)13-24-14-17(12-19(24)25)21-22-20(23-27-21)15-8-4-3-5-9-15/h3-11,17H,2,12-14H2,1H3. The minimum absolute atomic E-state index is 0.0817. The van der Waals surface area contributed by atoms with Crippen LogP contribution in [0.15, 0.2) is 59.1 Å². The van der Waals surface area contributed by atoms with Crippen molar-refractivity contribution < 1.29 is 14.1 Å². The van der Waals surface area contributed by atoms with Gasteiger partial charge in [0.05, 0.1) is 12.5 Å². The molecule has 0 bridgehead atoms. The first-order valence-corrected chi connectivity index (χ1v) is 9.12. The Kier molecular flexibility index (Phi) is 4.87. The van der Waals surface area contributed by atoms with Gasteiger partial charge in [0.2, 0.25) is 17.6 Å². The van der Waals surface area contributed by atoms with Gasteiger partial charge >= 0.3 is 0 Å². The summed E-state index contributed by atoms with van der Waals surface area (Å²) in [6.45, 7) is 3.63. The molecule has 6 nitrogen and oxygen atoms in total. The summed E-state index contributed by atoms with van der Waals surface area (Å²) < 4.78 is 11.1. The van der Waals surface area contributed by atoms with Crippen molar-refractivity contribution in [2.24, 2.45) is 0 Å². The first-order chi connectivity index (χ1) is 13.2. The van der Waals surface area contributed by atoms with Crippen molar-refractivity contribution in [1.29, 1.82) is 0 Å². The number of aromatic nitrogens is 2. The first kappa shape index (κ1) is 17.3. The number of para-hydroxylation sites is 1. The molecule has 6 heteroatoms. The highest BCUT2D eigenvalue weighted by molar-refractivity contribution is 5.79. The fraction of sp³-hybridized carbons (Fsp3) is 0.286. The number of hydrogen-bond acceptors (Lipinski definition) is 5. The lowest BCUT2D eigenvalue weighted by atomic mass is 10.1. The zero-order chi connectivity index (χ0) is 18.6. The van der Waals surface area contributed by atoms with Gasteiger partial charge < -0.3 is 14.2 Å². The van der Waals surface area contributed by atoms with Crippen molar-refractivity contribution >= 4 is 5.91 Å². The summed E-state index contributed by atoms with van der Waals surface area (Å²) in [6, 6.07) is 17.5. The van der Waals surface area contributed by atoms with E-state index < -0.39 is 0 Å². The van der Waals surface area contributed by atoms with Gasteiger partial charge in [-0.1, -0.05) is 53.7 Å². The van der Waals surface area contributed by atoms with E-state index in [2.05, 4.69) is 10.1 Å². The van der Waals surface area contributed by atoms with E-state index >= 15 is 0 Å². The summed E-state index contributed by atoms with van der Waals surface area (Å²) in [5.41, 5.74) is 1.91. The molecule has 1 amide bonds. The molecule has 2 heterocycles. The van der Waals surface area contributed by atoms with Crippen LogP contribution in [0.25, 0.3) is 11.4 Å². The molecule has 1 saturated heterocycles. The van der Waals surface area contributed by atoms with Crippen LogP contribution in [0.3, 0.4) is 0 Å². The molecule has 0 radical (unpaired) electrons. The molecule has 0 spiro atoms. The Morgan fingerprint density at radius 3 is 2.74 bits per heavy atom. The number of hydrogen-bond donors (Lipinski definition) is 0. The lowest BCUT2D eigenvalue weighted by Gasteiger charge is -2.18. The van der Waals surface area contributed by atoms with Gasteiger partial charge in [0.15, 0.2) is 0 Å². The van der Waals surface area contributed by atoms with Crippen LogP contribution in [0.1, 0.15) is 30.7 Å². The molecule has 1 unspecified atom stereocenters. The Morgan fingerprint density at radius 2 is 1.93 bits per heavy atom. The van der Waals surface area contributed by atoms with Crippen molar-refractivity contribution in [3.8, 4) is 17.1 Å². The lowest BCUT2D eigenvalue weighted by Crippen LogP contribution is -2.24. The van der Waals surface area contributed by atoms with E-state index in [9.17, 15) is 4.79 Å². The Labute approximate surface area is 157 Å². The van der Waals surface area contributed by atoms with E-state index in [4.69, 9.17) is 9.26 Å². The predicted octanol–water partition coefficient (Wildman–Crippen LogP) is 3.65. The second-order valence-electron chi connectivity index (χ2n) is 6.54. The summed E-state index contributed by atoms with van der Waals surface area (Å²) in [5.74, 6) is 1.90. The van der Waals surface area contributed by atoms with Crippen LogP contribution >= 0.6 is 0 Å². The van der Waals surface area contributed by atoms with Crippen molar-refractivity contribution in [3.63, 3.8) is 0 Å². The largest absolute Gasteiger partial charge is 0.494 e. The van der Waals surface area contributed by atoms with Crippen LogP contribution in [-0.2, 0) is 11.3 Å². The average molecular weight is 363 g/mol. The van der Waals surface area contributed by atoms with Crippen molar-refractivity contribution in [2.75, 3.05) is 13.2 Å². The molecule has 138 valence electrons. The van der Waals surface area contributed by atoms with Gasteiger partial charge in [0.1, 0.15) is 5.75 Å². The molecule has 1 atom stereocenters. The molecule has 0 N–H and O–H groups in total. The van der Waals surface area contributed by atoms with E-state index in [1.807, 2.05) is 66.4 Å². The molecule has 1 aromatic heterocycles. The predicted molar refractivity (Wildman–Crippen MR) is 100 cm³/mol. The normalized spacial score (nSPS) is 16.7. The lowest BCUT2D eigenvalue weighted by molar-refractivity contribution is -0.128. The Bertz CT molecular complexity index is 923. The van der Waals surface area contributed by atoms with Crippen LogP contribution in [0.5, 0.6) is 5.75 Å². The molecule has 27 heavy (non-hydrogen) atoms. The van der Waals surface area contributed by atoms with Gasteiger partial charge in [-0.25, -0.2) is 0 Å². The van der Waals surface area contributed by atoms with E-state index in [1.165, 1.54) is 0 Å². The number of nitrogens with zero attached hydrogens (tertiary/aromatic N) is 3. The van der Waals surface area contributed by atoms with Crippen molar-refractivity contribution in [3.05, 3.63) is 66.1 Å². The maximum absolute atomic E-state index is 12.5. The number of likely N-dealkylation sites (tertiary alicyclic amines) is 1. The SMILES string of the molecule is CCOc1ccccc1CN1CC(c2nc(-c3ccccc3)no2)CC1=O. The van der Waals surface area contributed by atoms with Crippen LogP contribution in [0, 0.1) is 0 Å². The van der Waals surface area contributed by atoms with Crippen LogP contribution in [0.2, 0.25) is 0 Å². The zero-order valence-corrected chi connectivity index (χ0v) is 15.2. The van der Waals surface area contributed by atoms with Crippen LogP contribution < -0.4 is 4.74 Å². The van der Waals surface area contributed by atoms with Crippen molar-refractivity contribution in [1.82, 2.24) is 15.0 Å². The molecule has 2 aromatic carbocycles. The number of ether oxygens (including phenoxy) is 1. The van der Waals surface area contributed by atoms with Crippen LogP contribution in [0.4, 0.5) is 0 Å². The number of carbonyl (C=O) groups is 1. The molecule has 0 saturated carbocycles. The molecule has 1 aliphatic heterocycles. The van der Waals surface area contributed by atoms with E-state index in [0.717, 1.165) is 16.9 Å². The second kappa shape index (κ2) is 7.61. The minimum Gasteiger partial charge on any atom is -0.494 e. The number of rotatable bonds is 6. The third kappa shape index (κ3) is 3.69. The average Bonchev–Trinajstić information content (AvgIpc) is 3.32. The molecular weight excluding hydrogens is 342 g/mol. The Morgan fingerprint density at radius 1 is 1.15 bits per heavy atom. The summed E-state index contributed by atoms with van der Waals surface area (Å²) in [6.07, 6.45) is 0.382. The fourth-order valence-corrected chi connectivity index (χ4v) is 3.33. The third-order valence-electron chi connectivity index (χ3n) is 4.67. The summed E-state index contributed by atoms with van der Waals surface area (Å²) in [4.78, 5) is 18.8. The Hall–Kier alpha value is -3.15. The second-order valence-corrected chi connectivity index (χ2v) is 6.54. The third-order valence-corrected chi connectivity index (χ3v) is 4.67. The van der Waals surface area contributed by atoms with Gasteiger partial charge in [-0.05, 0) is 13.0 Å².